The molecular weight excluding hydrogens is 240 g/mol. The van der Waals surface area contributed by atoms with E-state index in [9.17, 15) is 4.79 Å². The smallest absolute Gasteiger partial charge is 0.272 e. The summed E-state index contributed by atoms with van der Waals surface area (Å²) in [5.41, 5.74) is 7.47. The summed E-state index contributed by atoms with van der Waals surface area (Å²) in [7, 11) is 1.83. The highest BCUT2D eigenvalue weighted by molar-refractivity contribution is 5.93. The lowest BCUT2D eigenvalue weighted by Crippen LogP contribution is -2.44. The molecule has 106 valence electrons. The van der Waals surface area contributed by atoms with Gasteiger partial charge in [-0.25, -0.2) is 0 Å². The second-order valence-electron chi connectivity index (χ2n) is 5.24. The van der Waals surface area contributed by atoms with E-state index in [1.165, 1.54) is 6.42 Å². The van der Waals surface area contributed by atoms with Gasteiger partial charge in [0.25, 0.3) is 5.91 Å². The number of rotatable bonds is 3. The van der Waals surface area contributed by atoms with Crippen molar-refractivity contribution in [2.75, 3.05) is 13.1 Å². The summed E-state index contributed by atoms with van der Waals surface area (Å²) in [5, 5.41) is 4.36. The minimum absolute atomic E-state index is 0.0760. The molecule has 1 saturated heterocycles. The van der Waals surface area contributed by atoms with Crippen LogP contribution in [0.2, 0.25) is 0 Å². The van der Waals surface area contributed by atoms with Crippen molar-refractivity contribution in [2.24, 2.45) is 12.8 Å². The van der Waals surface area contributed by atoms with Crippen LogP contribution < -0.4 is 5.73 Å². The van der Waals surface area contributed by atoms with Gasteiger partial charge in [-0.15, -0.1) is 0 Å². The third-order valence-corrected chi connectivity index (χ3v) is 3.92. The largest absolute Gasteiger partial charge is 0.333 e. The molecule has 2 N–H and O–H groups in total. The van der Waals surface area contributed by atoms with E-state index >= 15 is 0 Å². The predicted octanol–water partition coefficient (Wildman–Crippen LogP) is 1.33. The first-order valence-electron chi connectivity index (χ1n) is 7.21. The Morgan fingerprint density at radius 1 is 1.47 bits per heavy atom. The zero-order valence-corrected chi connectivity index (χ0v) is 11.9. The monoisotopic (exact) mass is 264 g/mol. The molecule has 0 radical (unpaired) electrons. The molecule has 2 heterocycles. The fourth-order valence-electron chi connectivity index (χ4n) is 2.74. The minimum Gasteiger partial charge on any atom is -0.333 e. The molecule has 0 aromatic carbocycles. The Balaban J connectivity index is 2.22. The van der Waals surface area contributed by atoms with Crippen LogP contribution in [0.3, 0.4) is 0 Å². The zero-order chi connectivity index (χ0) is 13.8. The van der Waals surface area contributed by atoms with Crippen molar-refractivity contribution in [2.45, 2.75) is 45.1 Å². The molecule has 2 rings (SSSR count). The van der Waals surface area contributed by atoms with E-state index in [-0.39, 0.29) is 11.9 Å². The lowest BCUT2D eigenvalue weighted by molar-refractivity contribution is 0.0677. The van der Waals surface area contributed by atoms with E-state index in [1.807, 2.05) is 24.9 Å². The third kappa shape index (κ3) is 2.97. The number of carbonyl (C=O) groups excluding carboxylic acids is 1. The fourth-order valence-corrected chi connectivity index (χ4v) is 2.74. The molecule has 1 aromatic heterocycles. The van der Waals surface area contributed by atoms with E-state index in [0.29, 0.717) is 12.2 Å². The predicted molar refractivity (Wildman–Crippen MR) is 74.9 cm³/mol. The number of amides is 1. The number of likely N-dealkylation sites (tertiary alicyclic amines) is 1. The van der Waals surface area contributed by atoms with Crippen LogP contribution in [0.5, 0.6) is 0 Å². The Morgan fingerprint density at radius 2 is 2.26 bits per heavy atom. The molecule has 5 heteroatoms. The Hall–Kier alpha value is -1.36. The van der Waals surface area contributed by atoms with E-state index in [1.54, 1.807) is 4.68 Å². The van der Waals surface area contributed by atoms with Crippen LogP contribution in [-0.2, 0) is 13.5 Å². The van der Waals surface area contributed by atoms with Gasteiger partial charge in [-0.05, 0) is 25.3 Å². The highest BCUT2D eigenvalue weighted by Crippen LogP contribution is 2.19. The van der Waals surface area contributed by atoms with Crippen molar-refractivity contribution >= 4 is 5.91 Å². The number of carbonyl (C=O) groups is 1. The van der Waals surface area contributed by atoms with Gasteiger partial charge in [-0.3, -0.25) is 9.48 Å². The van der Waals surface area contributed by atoms with E-state index < -0.39 is 0 Å². The first kappa shape index (κ1) is 14.1. The Kier molecular flexibility index (Phi) is 4.58. The molecule has 1 aliphatic heterocycles. The van der Waals surface area contributed by atoms with E-state index in [2.05, 4.69) is 5.10 Å². The van der Waals surface area contributed by atoms with Crippen molar-refractivity contribution in [3.05, 3.63) is 17.5 Å². The molecule has 19 heavy (non-hydrogen) atoms. The number of aryl methyl sites for hydroxylation is 2. The molecule has 5 nitrogen and oxygen atoms in total. The number of nitrogens with zero attached hydrogens (tertiary/aromatic N) is 3. The average molecular weight is 264 g/mol. The molecular formula is C14H24N4O. The fraction of sp³-hybridized carbons (Fsp3) is 0.714. The Morgan fingerprint density at radius 3 is 2.89 bits per heavy atom. The van der Waals surface area contributed by atoms with E-state index in [4.69, 9.17) is 5.73 Å². The molecule has 0 bridgehead atoms. The minimum atomic E-state index is 0.0760. The van der Waals surface area contributed by atoms with Crippen LogP contribution in [0.1, 0.15) is 48.8 Å². The van der Waals surface area contributed by atoms with Gasteiger partial charge >= 0.3 is 0 Å². The molecule has 0 spiro atoms. The van der Waals surface area contributed by atoms with Crippen LogP contribution in [0.25, 0.3) is 0 Å². The quantitative estimate of drug-likeness (QED) is 0.895. The highest BCUT2D eigenvalue weighted by atomic mass is 16.2. The molecule has 1 amide bonds. The summed E-state index contributed by atoms with van der Waals surface area (Å²) in [5.74, 6) is 0.0760. The zero-order valence-electron chi connectivity index (χ0n) is 11.9. The van der Waals surface area contributed by atoms with Gasteiger partial charge in [0.2, 0.25) is 0 Å². The summed E-state index contributed by atoms with van der Waals surface area (Å²) in [6.07, 6.45) is 5.28. The number of nitrogens with two attached hydrogens (primary N) is 1. The summed E-state index contributed by atoms with van der Waals surface area (Å²) in [6, 6.07) is 2.08. The number of hydrogen-bond acceptors (Lipinski definition) is 3. The van der Waals surface area contributed by atoms with E-state index in [0.717, 1.165) is 37.9 Å². The van der Waals surface area contributed by atoms with Crippen LogP contribution in [-0.4, -0.2) is 39.7 Å². The molecule has 1 fully saturated rings. The molecule has 0 aliphatic carbocycles. The van der Waals surface area contributed by atoms with Gasteiger partial charge in [0, 0.05) is 26.2 Å². The molecule has 1 aromatic rings. The molecule has 0 saturated carbocycles. The van der Waals surface area contributed by atoms with Gasteiger partial charge in [-0.1, -0.05) is 19.8 Å². The summed E-state index contributed by atoms with van der Waals surface area (Å²) < 4.78 is 1.69. The summed E-state index contributed by atoms with van der Waals surface area (Å²) >= 11 is 0. The molecule has 1 atom stereocenters. The van der Waals surface area contributed by atoms with Gasteiger partial charge in [0.1, 0.15) is 5.69 Å². The van der Waals surface area contributed by atoms with Crippen molar-refractivity contribution in [1.82, 2.24) is 14.7 Å². The Labute approximate surface area is 114 Å². The maximum atomic E-state index is 12.7. The maximum Gasteiger partial charge on any atom is 0.272 e. The average Bonchev–Trinajstić information content (AvgIpc) is 2.64. The lowest BCUT2D eigenvalue weighted by atomic mass is 10.1. The normalized spacial score (nSPS) is 20.4. The van der Waals surface area contributed by atoms with Crippen molar-refractivity contribution in [3.63, 3.8) is 0 Å². The third-order valence-electron chi connectivity index (χ3n) is 3.92. The summed E-state index contributed by atoms with van der Waals surface area (Å²) in [4.78, 5) is 14.6. The topological polar surface area (TPSA) is 64.2 Å². The first-order chi connectivity index (χ1) is 9.17. The van der Waals surface area contributed by atoms with Crippen molar-refractivity contribution < 1.29 is 4.79 Å². The van der Waals surface area contributed by atoms with Gasteiger partial charge in [0.05, 0.1) is 5.69 Å². The van der Waals surface area contributed by atoms with Gasteiger partial charge in [-0.2, -0.15) is 5.10 Å². The molecule has 1 aliphatic rings. The van der Waals surface area contributed by atoms with Crippen LogP contribution in [0.4, 0.5) is 0 Å². The molecule has 1 unspecified atom stereocenters. The maximum absolute atomic E-state index is 12.7. The second-order valence-corrected chi connectivity index (χ2v) is 5.24. The van der Waals surface area contributed by atoms with Crippen molar-refractivity contribution in [1.29, 1.82) is 0 Å². The SMILES string of the molecule is CCc1cc(C(=O)N2CCCCCC2CN)n(C)n1. The standard InChI is InChI=1S/C14H24N4O/c1-3-11-9-13(17(2)16-11)14(19)18-8-6-4-5-7-12(18)10-15/h9,12H,3-8,10,15H2,1-2H3. The highest BCUT2D eigenvalue weighted by Gasteiger charge is 2.27. The van der Waals surface area contributed by atoms with Gasteiger partial charge < -0.3 is 10.6 Å². The number of hydrogen-bond donors (Lipinski definition) is 1. The van der Waals surface area contributed by atoms with Crippen LogP contribution in [0, 0.1) is 0 Å². The van der Waals surface area contributed by atoms with Crippen LogP contribution >= 0.6 is 0 Å². The summed E-state index contributed by atoms with van der Waals surface area (Å²) in [6.45, 7) is 3.41. The Bertz CT molecular complexity index is 441. The lowest BCUT2D eigenvalue weighted by Gasteiger charge is -2.29. The van der Waals surface area contributed by atoms with Crippen LogP contribution in [0.15, 0.2) is 6.07 Å². The number of aromatic nitrogens is 2. The van der Waals surface area contributed by atoms with Gasteiger partial charge in [0.15, 0.2) is 0 Å². The second kappa shape index (κ2) is 6.19. The first-order valence-corrected chi connectivity index (χ1v) is 7.21. The van der Waals surface area contributed by atoms with Crippen molar-refractivity contribution in [3.8, 4) is 0 Å².